The van der Waals surface area contributed by atoms with Crippen LogP contribution in [-0.4, -0.2) is 43.3 Å². The Kier molecular flexibility index (Phi) is 6.20. The number of hydrogen-bond acceptors (Lipinski definition) is 5. The van der Waals surface area contributed by atoms with E-state index in [0.717, 1.165) is 5.56 Å². The van der Waals surface area contributed by atoms with E-state index in [0.29, 0.717) is 22.3 Å². The Balaban J connectivity index is 1.84. The van der Waals surface area contributed by atoms with Crippen LogP contribution in [0.15, 0.2) is 54.6 Å². The zero-order valence-electron chi connectivity index (χ0n) is 15.8. The summed E-state index contributed by atoms with van der Waals surface area (Å²) in [5, 5.41) is 2.15. The van der Waals surface area contributed by atoms with Crippen molar-refractivity contribution >= 4 is 22.8 Å². The van der Waals surface area contributed by atoms with Gasteiger partial charge in [-0.15, -0.1) is 0 Å². The largest absolute Gasteiger partial charge is 0.497 e. The predicted octanol–water partition coefficient (Wildman–Crippen LogP) is 3.75. The molecule has 0 atom stereocenters. The summed E-state index contributed by atoms with van der Waals surface area (Å²) < 4.78 is 46.6. The predicted molar refractivity (Wildman–Crippen MR) is 103 cm³/mol. The number of carbonyl (C=O) groups excluding carboxylic acids is 2. The Morgan fingerprint density at radius 2 is 1.77 bits per heavy atom. The quantitative estimate of drug-likeness (QED) is 0.617. The molecule has 0 bridgehead atoms. The molecule has 0 spiro atoms. The second kappa shape index (κ2) is 8.81. The van der Waals surface area contributed by atoms with Gasteiger partial charge in [-0.3, -0.25) is 4.79 Å². The third-order valence-corrected chi connectivity index (χ3v) is 4.14. The monoisotopic (exact) mass is 418 g/mol. The molecule has 1 N–H and O–H groups in total. The van der Waals surface area contributed by atoms with Gasteiger partial charge in [0.05, 0.1) is 23.9 Å². The van der Waals surface area contributed by atoms with Gasteiger partial charge in [-0.25, -0.2) is 9.78 Å². The van der Waals surface area contributed by atoms with E-state index >= 15 is 0 Å². The highest BCUT2D eigenvalue weighted by molar-refractivity contribution is 6.05. The number of alkyl halides is 3. The number of rotatable bonds is 6. The van der Waals surface area contributed by atoms with Crippen LogP contribution in [-0.2, 0) is 9.53 Å². The number of hydrogen-bond donors (Lipinski definition) is 1. The first-order valence-corrected chi connectivity index (χ1v) is 8.81. The summed E-state index contributed by atoms with van der Waals surface area (Å²) in [6.07, 6.45) is -4.55. The van der Waals surface area contributed by atoms with Crippen molar-refractivity contribution in [2.24, 2.45) is 0 Å². The number of aromatic nitrogens is 1. The normalized spacial score (nSPS) is 11.2. The van der Waals surface area contributed by atoms with E-state index in [-0.39, 0.29) is 5.56 Å². The maximum Gasteiger partial charge on any atom is 0.405 e. The zero-order valence-corrected chi connectivity index (χ0v) is 15.8. The van der Waals surface area contributed by atoms with Crippen molar-refractivity contribution in [3.8, 4) is 17.0 Å². The van der Waals surface area contributed by atoms with E-state index in [1.807, 2.05) is 0 Å². The van der Waals surface area contributed by atoms with Gasteiger partial charge in [0.25, 0.3) is 5.91 Å². The highest BCUT2D eigenvalue weighted by atomic mass is 19.4. The van der Waals surface area contributed by atoms with Crippen molar-refractivity contribution in [1.29, 1.82) is 0 Å². The molecular formula is C21H17F3N2O4. The van der Waals surface area contributed by atoms with E-state index in [1.165, 1.54) is 6.07 Å². The lowest BCUT2D eigenvalue weighted by molar-refractivity contribution is -0.140. The Morgan fingerprint density at radius 1 is 1.07 bits per heavy atom. The fourth-order valence-electron chi connectivity index (χ4n) is 2.71. The van der Waals surface area contributed by atoms with Crippen molar-refractivity contribution in [3.05, 3.63) is 60.2 Å². The molecule has 1 amide bonds. The van der Waals surface area contributed by atoms with Crippen molar-refractivity contribution < 1.29 is 32.2 Å². The van der Waals surface area contributed by atoms with Crippen molar-refractivity contribution in [2.45, 2.75) is 6.18 Å². The molecular weight excluding hydrogens is 401 g/mol. The molecule has 1 aromatic heterocycles. The molecule has 0 saturated heterocycles. The first-order chi connectivity index (χ1) is 14.3. The van der Waals surface area contributed by atoms with Gasteiger partial charge in [-0.05, 0) is 36.4 Å². The summed E-state index contributed by atoms with van der Waals surface area (Å²) in [6, 6.07) is 15.4. The lowest BCUT2D eigenvalue weighted by Crippen LogP contribution is -2.36. The molecule has 0 radical (unpaired) electrons. The molecule has 30 heavy (non-hydrogen) atoms. The van der Waals surface area contributed by atoms with Crippen LogP contribution in [0, 0.1) is 0 Å². The van der Waals surface area contributed by atoms with Gasteiger partial charge in [0.15, 0.2) is 6.61 Å². The van der Waals surface area contributed by atoms with Crippen LogP contribution in [0.4, 0.5) is 13.2 Å². The molecule has 9 heteroatoms. The number of nitrogens with zero attached hydrogens (tertiary/aromatic N) is 1. The van der Waals surface area contributed by atoms with Crippen molar-refractivity contribution in [2.75, 3.05) is 20.3 Å². The third-order valence-electron chi connectivity index (χ3n) is 4.14. The van der Waals surface area contributed by atoms with Crippen molar-refractivity contribution in [1.82, 2.24) is 10.3 Å². The summed E-state index contributed by atoms with van der Waals surface area (Å²) in [5.74, 6) is -1.23. The number of para-hydroxylation sites is 1. The first-order valence-electron chi connectivity index (χ1n) is 8.81. The Bertz CT molecular complexity index is 1070. The van der Waals surface area contributed by atoms with Crippen LogP contribution in [0.1, 0.15) is 10.4 Å². The molecule has 0 fully saturated rings. The second-order valence-electron chi connectivity index (χ2n) is 6.27. The smallest absolute Gasteiger partial charge is 0.405 e. The average Bonchev–Trinajstić information content (AvgIpc) is 2.74. The molecule has 156 valence electrons. The minimum Gasteiger partial charge on any atom is -0.497 e. The molecule has 0 saturated carbocycles. The number of fused-ring (bicyclic) bond motifs is 1. The molecule has 0 aliphatic carbocycles. The standard InChI is InChI=1S/C21H17F3N2O4/c1-29-14-8-6-13(7-9-14)18-10-16(15-4-2-3-5-17(15)26-18)20(28)30-11-19(27)25-12-21(22,23)24/h2-10H,11-12H2,1H3,(H,25,27). The summed E-state index contributed by atoms with van der Waals surface area (Å²) in [6.45, 7) is -2.33. The van der Waals surface area contributed by atoms with E-state index in [9.17, 15) is 22.8 Å². The van der Waals surface area contributed by atoms with E-state index in [2.05, 4.69) is 4.98 Å². The number of methoxy groups -OCH3 is 1. The van der Waals surface area contributed by atoms with Gasteiger partial charge in [0, 0.05) is 10.9 Å². The van der Waals surface area contributed by atoms with Crippen molar-refractivity contribution in [3.63, 3.8) is 0 Å². The topological polar surface area (TPSA) is 77.5 Å². The number of carbonyl (C=O) groups is 2. The van der Waals surface area contributed by atoms with Crippen LogP contribution in [0.25, 0.3) is 22.2 Å². The van der Waals surface area contributed by atoms with Crippen LogP contribution >= 0.6 is 0 Å². The summed E-state index contributed by atoms with van der Waals surface area (Å²) in [7, 11) is 1.54. The van der Waals surface area contributed by atoms with Gasteiger partial charge in [0.1, 0.15) is 12.3 Å². The van der Waals surface area contributed by atoms with E-state index < -0.39 is 31.2 Å². The number of benzene rings is 2. The third kappa shape index (κ3) is 5.25. The molecule has 0 aliphatic rings. The Morgan fingerprint density at radius 3 is 2.43 bits per heavy atom. The maximum absolute atomic E-state index is 12.6. The zero-order chi connectivity index (χ0) is 21.7. The van der Waals surface area contributed by atoms with Gasteiger partial charge in [-0.2, -0.15) is 13.2 Å². The lowest BCUT2D eigenvalue weighted by atomic mass is 10.0. The van der Waals surface area contributed by atoms with Crippen LogP contribution in [0.2, 0.25) is 0 Å². The summed E-state index contributed by atoms with van der Waals surface area (Å²) in [5.41, 5.74) is 1.89. The number of esters is 1. The van der Waals surface area contributed by atoms with Gasteiger partial charge in [0.2, 0.25) is 0 Å². The molecule has 1 heterocycles. The van der Waals surface area contributed by atoms with E-state index in [4.69, 9.17) is 9.47 Å². The number of amides is 1. The Hall–Kier alpha value is -3.62. The second-order valence-corrected chi connectivity index (χ2v) is 6.27. The fourth-order valence-corrected chi connectivity index (χ4v) is 2.71. The van der Waals surface area contributed by atoms with Crippen LogP contribution < -0.4 is 10.1 Å². The first kappa shape index (κ1) is 21.1. The average molecular weight is 418 g/mol. The Labute approximate surface area is 169 Å². The minimum absolute atomic E-state index is 0.148. The summed E-state index contributed by atoms with van der Waals surface area (Å²) >= 11 is 0. The van der Waals surface area contributed by atoms with E-state index in [1.54, 1.807) is 61.0 Å². The molecule has 3 rings (SSSR count). The van der Waals surface area contributed by atoms with Gasteiger partial charge in [-0.1, -0.05) is 18.2 Å². The molecule has 3 aromatic rings. The fraction of sp³-hybridized carbons (Fsp3) is 0.190. The molecule has 0 unspecified atom stereocenters. The van der Waals surface area contributed by atoms with Gasteiger partial charge < -0.3 is 14.8 Å². The molecule has 0 aliphatic heterocycles. The van der Waals surface area contributed by atoms with Gasteiger partial charge >= 0.3 is 12.1 Å². The highest BCUT2D eigenvalue weighted by Crippen LogP contribution is 2.26. The number of nitrogens with one attached hydrogen (secondary N) is 1. The number of pyridine rings is 1. The van der Waals surface area contributed by atoms with Crippen LogP contribution in [0.5, 0.6) is 5.75 Å². The molecule has 6 nitrogen and oxygen atoms in total. The number of ether oxygens (including phenoxy) is 2. The van der Waals surface area contributed by atoms with Crippen LogP contribution in [0.3, 0.4) is 0 Å². The lowest BCUT2D eigenvalue weighted by Gasteiger charge is -2.11. The minimum atomic E-state index is -4.55. The SMILES string of the molecule is COc1ccc(-c2cc(C(=O)OCC(=O)NCC(F)(F)F)c3ccccc3n2)cc1. The summed E-state index contributed by atoms with van der Waals surface area (Å²) in [4.78, 5) is 28.6. The number of halogens is 3. The molecule has 2 aromatic carbocycles. The maximum atomic E-state index is 12.6. The highest BCUT2D eigenvalue weighted by Gasteiger charge is 2.28.